The van der Waals surface area contributed by atoms with Crippen LogP contribution in [-0.4, -0.2) is 12.1 Å². The Morgan fingerprint density at radius 3 is 2.93 bits per heavy atom. The fourth-order valence-corrected chi connectivity index (χ4v) is 2.23. The van der Waals surface area contributed by atoms with Crippen LogP contribution in [0, 0.1) is 5.51 Å². The Kier molecular flexibility index (Phi) is 2.84. The van der Waals surface area contributed by atoms with E-state index in [9.17, 15) is 0 Å². The Bertz CT molecular complexity index is 428. The zero-order valence-electron chi connectivity index (χ0n) is 7.45. The van der Waals surface area contributed by atoms with Crippen molar-refractivity contribution < 1.29 is 4.74 Å². The predicted molar refractivity (Wildman–Crippen MR) is 60.6 cm³/mol. The molecule has 0 amide bonds. The molecular weight excluding hydrogens is 262 g/mol. The van der Waals surface area contributed by atoms with Crippen LogP contribution in [0.4, 0.5) is 0 Å². The number of rotatable bonds is 2. The van der Waals surface area contributed by atoms with Crippen molar-refractivity contribution in [2.75, 3.05) is 7.11 Å². The number of ether oxygens (including phenoxy) is 1. The Balaban J connectivity index is 2.43. The summed E-state index contributed by atoms with van der Waals surface area (Å²) in [6.45, 7) is 0. The van der Waals surface area contributed by atoms with Crippen molar-refractivity contribution in [3.63, 3.8) is 0 Å². The summed E-state index contributed by atoms with van der Waals surface area (Å²) in [7, 11) is 1.65. The lowest BCUT2D eigenvalue weighted by molar-refractivity contribution is 0.412. The quantitative estimate of drug-likeness (QED) is 0.833. The molecule has 0 bridgehead atoms. The highest BCUT2D eigenvalue weighted by Crippen LogP contribution is 2.31. The van der Waals surface area contributed by atoms with Crippen LogP contribution >= 0.6 is 27.3 Å². The van der Waals surface area contributed by atoms with E-state index in [1.807, 2.05) is 18.2 Å². The van der Waals surface area contributed by atoms with Gasteiger partial charge >= 0.3 is 0 Å². The van der Waals surface area contributed by atoms with Crippen LogP contribution in [0.5, 0.6) is 5.75 Å². The highest BCUT2D eigenvalue weighted by molar-refractivity contribution is 9.10. The molecule has 0 unspecified atom stereocenters. The van der Waals surface area contributed by atoms with E-state index in [2.05, 4.69) is 26.4 Å². The fraction of sp³-hybridized carbons (Fsp3) is 0.100. The topological polar surface area (TPSA) is 22.1 Å². The van der Waals surface area contributed by atoms with Gasteiger partial charge in [-0.25, -0.2) is 4.98 Å². The molecule has 0 atom stereocenters. The van der Waals surface area contributed by atoms with Crippen LogP contribution in [0.15, 0.2) is 28.9 Å². The minimum absolute atomic E-state index is 0.835. The largest absolute Gasteiger partial charge is 0.496 e. The summed E-state index contributed by atoms with van der Waals surface area (Å²) in [6, 6.07) is 5.95. The minimum Gasteiger partial charge on any atom is -0.496 e. The molecule has 2 aromatic rings. The van der Waals surface area contributed by atoms with Gasteiger partial charge in [-0.2, -0.15) is 0 Å². The van der Waals surface area contributed by atoms with Gasteiger partial charge in [-0.1, -0.05) is 0 Å². The summed E-state index contributed by atoms with van der Waals surface area (Å²) in [6.07, 6.45) is 1.80. The highest BCUT2D eigenvalue weighted by atomic mass is 79.9. The highest BCUT2D eigenvalue weighted by Gasteiger charge is 2.04. The van der Waals surface area contributed by atoms with Crippen molar-refractivity contribution in [3.05, 3.63) is 34.4 Å². The molecule has 0 aliphatic rings. The van der Waals surface area contributed by atoms with E-state index in [1.54, 1.807) is 13.3 Å². The summed E-state index contributed by atoms with van der Waals surface area (Å²) < 4.78 is 6.10. The molecule has 71 valence electrons. The van der Waals surface area contributed by atoms with Crippen molar-refractivity contribution in [1.82, 2.24) is 4.98 Å². The Hall–Kier alpha value is -0.870. The summed E-state index contributed by atoms with van der Waals surface area (Å²) >= 11 is 4.94. The third-order valence-corrected chi connectivity index (χ3v) is 3.20. The first-order valence-corrected chi connectivity index (χ1v) is 5.58. The van der Waals surface area contributed by atoms with E-state index in [4.69, 9.17) is 4.74 Å². The molecule has 2 nitrogen and oxygen atoms in total. The van der Waals surface area contributed by atoms with E-state index >= 15 is 0 Å². The van der Waals surface area contributed by atoms with Gasteiger partial charge in [0.15, 0.2) is 5.51 Å². The molecule has 0 N–H and O–H groups in total. The van der Waals surface area contributed by atoms with Gasteiger partial charge in [-0.3, -0.25) is 0 Å². The molecule has 1 heterocycles. The standard InChI is InChI=1S/C10H7BrNOS/c1-13-9-3-2-7(4-8(9)11)10-5-12-6-14-10/h2-5H,1H3. The smallest absolute Gasteiger partial charge is 0.152 e. The van der Waals surface area contributed by atoms with Crippen LogP contribution < -0.4 is 4.74 Å². The average Bonchev–Trinajstić information content (AvgIpc) is 2.70. The monoisotopic (exact) mass is 268 g/mol. The lowest BCUT2D eigenvalue weighted by atomic mass is 10.2. The lowest BCUT2D eigenvalue weighted by Gasteiger charge is -2.04. The molecule has 0 aliphatic carbocycles. The fourth-order valence-electron chi connectivity index (χ4n) is 1.14. The van der Waals surface area contributed by atoms with Crippen molar-refractivity contribution >= 4 is 27.3 Å². The van der Waals surface area contributed by atoms with Crippen molar-refractivity contribution in [3.8, 4) is 16.2 Å². The van der Waals surface area contributed by atoms with Crippen LogP contribution in [0.2, 0.25) is 0 Å². The third-order valence-electron chi connectivity index (χ3n) is 1.83. The second kappa shape index (κ2) is 4.11. The first-order valence-electron chi connectivity index (χ1n) is 3.97. The zero-order chi connectivity index (χ0) is 9.97. The maximum absolute atomic E-state index is 5.15. The van der Waals surface area contributed by atoms with Crippen LogP contribution in [0.3, 0.4) is 0 Å². The Labute approximate surface area is 94.7 Å². The summed E-state index contributed by atoms with van der Waals surface area (Å²) in [5, 5.41) is 0. The lowest BCUT2D eigenvalue weighted by Crippen LogP contribution is -1.84. The Morgan fingerprint density at radius 1 is 1.50 bits per heavy atom. The maximum Gasteiger partial charge on any atom is 0.152 e. The molecule has 4 heteroatoms. The van der Waals surface area contributed by atoms with Gasteiger partial charge in [0.1, 0.15) is 5.75 Å². The van der Waals surface area contributed by atoms with Crippen LogP contribution in [0.1, 0.15) is 0 Å². The zero-order valence-corrected chi connectivity index (χ0v) is 9.85. The number of aromatic nitrogens is 1. The van der Waals surface area contributed by atoms with Gasteiger partial charge in [0.05, 0.1) is 16.5 Å². The van der Waals surface area contributed by atoms with E-state index in [0.717, 1.165) is 20.7 Å². The van der Waals surface area contributed by atoms with Gasteiger partial charge < -0.3 is 4.74 Å². The molecule has 0 saturated carbocycles. The van der Waals surface area contributed by atoms with Gasteiger partial charge in [-0.15, -0.1) is 11.3 Å². The Morgan fingerprint density at radius 2 is 2.36 bits per heavy atom. The van der Waals surface area contributed by atoms with E-state index in [0.29, 0.717) is 0 Å². The summed E-state index contributed by atoms with van der Waals surface area (Å²) in [5.74, 6) is 0.835. The van der Waals surface area contributed by atoms with Crippen molar-refractivity contribution in [1.29, 1.82) is 0 Å². The normalized spacial score (nSPS) is 10.1. The molecule has 0 saturated heterocycles. The molecule has 14 heavy (non-hydrogen) atoms. The maximum atomic E-state index is 5.15. The minimum atomic E-state index is 0.835. The van der Waals surface area contributed by atoms with E-state index < -0.39 is 0 Å². The van der Waals surface area contributed by atoms with Gasteiger partial charge in [0.25, 0.3) is 0 Å². The van der Waals surface area contributed by atoms with E-state index in [1.165, 1.54) is 11.3 Å². The van der Waals surface area contributed by atoms with Crippen LogP contribution in [-0.2, 0) is 0 Å². The molecule has 1 radical (unpaired) electrons. The van der Waals surface area contributed by atoms with Gasteiger partial charge in [0, 0.05) is 6.20 Å². The molecular formula is C10H7BrNOS. The first kappa shape index (κ1) is 9.68. The summed E-state index contributed by atoms with van der Waals surface area (Å²) in [4.78, 5) is 5.02. The number of methoxy groups -OCH3 is 1. The number of thiazole rings is 1. The number of hydrogen-bond acceptors (Lipinski definition) is 3. The number of halogens is 1. The molecule has 1 aromatic carbocycles. The first-order chi connectivity index (χ1) is 6.81. The van der Waals surface area contributed by atoms with Gasteiger partial charge in [-0.05, 0) is 39.7 Å². The molecule has 2 rings (SSSR count). The molecule has 0 aliphatic heterocycles. The van der Waals surface area contributed by atoms with Crippen molar-refractivity contribution in [2.45, 2.75) is 0 Å². The summed E-state index contributed by atoms with van der Waals surface area (Å²) in [5.41, 5.74) is 3.94. The molecule has 1 aromatic heterocycles. The third kappa shape index (κ3) is 1.81. The SMILES string of the molecule is COc1ccc(-c2cn[c]s2)cc1Br. The van der Waals surface area contributed by atoms with Gasteiger partial charge in [0.2, 0.25) is 0 Å². The molecule has 0 fully saturated rings. The van der Waals surface area contributed by atoms with E-state index in [-0.39, 0.29) is 0 Å². The van der Waals surface area contributed by atoms with Crippen LogP contribution in [0.25, 0.3) is 10.4 Å². The average molecular weight is 269 g/mol. The number of benzene rings is 1. The van der Waals surface area contributed by atoms with Crippen molar-refractivity contribution in [2.24, 2.45) is 0 Å². The second-order valence-corrected chi connectivity index (χ2v) is 4.35. The number of nitrogens with zero attached hydrogens (tertiary/aromatic N) is 1. The molecule has 0 spiro atoms. The number of hydrogen-bond donors (Lipinski definition) is 0. The predicted octanol–water partition coefficient (Wildman–Crippen LogP) is 3.38. The second-order valence-electron chi connectivity index (χ2n) is 2.67.